The second-order valence-corrected chi connectivity index (χ2v) is 5.05. The Kier molecular flexibility index (Phi) is 5.05. The van der Waals surface area contributed by atoms with Crippen molar-refractivity contribution in [2.24, 2.45) is 0 Å². The average Bonchev–Trinajstić information content (AvgIpc) is 2.41. The van der Waals surface area contributed by atoms with E-state index in [1.165, 1.54) is 18.2 Å². The van der Waals surface area contributed by atoms with E-state index < -0.39 is 5.82 Å². The smallest absolute Gasteiger partial charge is 0.142 e. The summed E-state index contributed by atoms with van der Waals surface area (Å²) in [7, 11) is 0. The van der Waals surface area contributed by atoms with E-state index >= 15 is 0 Å². The number of halogens is 3. The molecule has 0 radical (unpaired) electrons. The zero-order chi connectivity index (χ0) is 13.7. The molecule has 0 N–H and O–H groups in total. The largest absolute Gasteiger partial charge is 0.490 e. The van der Waals surface area contributed by atoms with Gasteiger partial charge in [-0.1, -0.05) is 27.5 Å². The van der Waals surface area contributed by atoms with Crippen molar-refractivity contribution < 1.29 is 13.9 Å². The topological polar surface area (TPSA) is 18.5 Å². The van der Waals surface area contributed by atoms with Gasteiger partial charge < -0.3 is 9.47 Å². The normalized spacial score (nSPS) is 10.3. The predicted octanol–water partition coefficient (Wildman–Crippen LogP) is 4.70. The maximum absolute atomic E-state index is 12.9. The second-order valence-electron chi connectivity index (χ2n) is 3.73. The average molecular weight is 346 g/mol. The molecule has 19 heavy (non-hydrogen) atoms. The van der Waals surface area contributed by atoms with Gasteiger partial charge in [0.1, 0.15) is 30.5 Å². The molecule has 0 saturated heterocycles. The Morgan fingerprint density at radius 1 is 0.947 bits per heavy atom. The minimum absolute atomic E-state index is 0.0475. The zero-order valence-electron chi connectivity index (χ0n) is 9.91. The van der Waals surface area contributed by atoms with Crippen molar-refractivity contribution in [1.29, 1.82) is 0 Å². The van der Waals surface area contributed by atoms with Gasteiger partial charge in [0, 0.05) is 10.5 Å². The Hall–Kier alpha value is -1.26. The third-order valence-electron chi connectivity index (χ3n) is 2.33. The molecule has 2 aromatic carbocycles. The van der Waals surface area contributed by atoms with Crippen LogP contribution in [-0.2, 0) is 0 Å². The van der Waals surface area contributed by atoms with Crippen LogP contribution < -0.4 is 9.47 Å². The highest BCUT2D eigenvalue weighted by molar-refractivity contribution is 9.10. The van der Waals surface area contributed by atoms with Gasteiger partial charge in [0.25, 0.3) is 0 Å². The van der Waals surface area contributed by atoms with Crippen LogP contribution in [0.15, 0.2) is 46.9 Å². The van der Waals surface area contributed by atoms with Crippen molar-refractivity contribution in [3.8, 4) is 11.5 Å². The van der Waals surface area contributed by atoms with Gasteiger partial charge >= 0.3 is 0 Å². The third kappa shape index (κ3) is 4.40. The molecule has 0 aliphatic rings. The molecule has 0 bridgehead atoms. The minimum atomic E-state index is -0.458. The van der Waals surface area contributed by atoms with Crippen LogP contribution in [0.5, 0.6) is 11.5 Å². The molecule has 2 rings (SSSR count). The Morgan fingerprint density at radius 3 is 2.16 bits per heavy atom. The molecule has 0 saturated carbocycles. The van der Waals surface area contributed by atoms with Gasteiger partial charge in [-0.3, -0.25) is 0 Å². The van der Waals surface area contributed by atoms with Crippen molar-refractivity contribution in [3.05, 3.63) is 57.8 Å². The number of rotatable bonds is 5. The summed E-state index contributed by atoms with van der Waals surface area (Å²) in [6.07, 6.45) is 0. The van der Waals surface area contributed by atoms with Gasteiger partial charge in [0.15, 0.2) is 0 Å². The van der Waals surface area contributed by atoms with Crippen molar-refractivity contribution in [3.63, 3.8) is 0 Å². The minimum Gasteiger partial charge on any atom is -0.490 e. The lowest BCUT2D eigenvalue weighted by atomic mass is 10.3. The lowest BCUT2D eigenvalue weighted by Crippen LogP contribution is -2.08. The molecule has 0 fully saturated rings. The van der Waals surface area contributed by atoms with Gasteiger partial charge in [-0.05, 0) is 36.4 Å². The summed E-state index contributed by atoms with van der Waals surface area (Å²) in [5, 5.41) is 0.0475. The molecule has 0 aliphatic carbocycles. The molecule has 100 valence electrons. The summed E-state index contributed by atoms with van der Waals surface area (Å²) in [5.74, 6) is 0.829. The maximum Gasteiger partial charge on any atom is 0.142 e. The van der Waals surface area contributed by atoms with E-state index in [4.69, 9.17) is 21.1 Å². The molecule has 0 spiro atoms. The molecule has 0 atom stereocenters. The molecule has 0 unspecified atom stereocenters. The molecule has 0 heterocycles. The first kappa shape index (κ1) is 14.2. The van der Waals surface area contributed by atoms with E-state index in [2.05, 4.69) is 15.9 Å². The van der Waals surface area contributed by atoms with Crippen molar-refractivity contribution in [2.75, 3.05) is 13.2 Å². The van der Waals surface area contributed by atoms with E-state index in [1.807, 2.05) is 24.3 Å². The monoisotopic (exact) mass is 344 g/mol. The van der Waals surface area contributed by atoms with E-state index in [0.29, 0.717) is 19.0 Å². The van der Waals surface area contributed by atoms with E-state index in [9.17, 15) is 4.39 Å². The summed E-state index contributed by atoms with van der Waals surface area (Å²) in [4.78, 5) is 0. The summed E-state index contributed by atoms with van der Waals surface area (Å²) in [5.41, 5.74) is 0. The van der Waals surface area contributed by atoms with Gasteiger partial charge in [-0.25, -0.2) is 4.39 Å². The van der Waals surface area contributed by atoms with Crippen molar-refractivity contribution >= 4 is 27.5 Å². The lowest BCUT2D eigenvalue weighted by molar-refractivity contribution is 0.217. The van der Waals surface area contributed by atoms with Gasteiger partial charge in [-0.15, -0.1) is 0 Å². The number of hydrogen-bond donors (Lipinski definition) is 0. The van der Waals surface area contributed by atoms with Crippen LogP contribution in [0.2, 0.25) is 5.02 Å². The van der Waals surface area contributed by atoms with Gasteiger partial charge in [0.2, 0.25) is 0 Å². The fraction of sp³-hybridized carbons (Fsp3) is 0.143. The first-order chi connectivity index (χ1) is 9.15. The van der Waals surface area contributed by atoms with E-state index in [1.54, 1.807) is 0 Å². The Balaban J connectivity index is 1.77. The molecule has 0 aliphatic heterocycles. The second kappa shape index (κ2) is 6.78. The summed E-state index contributed by atoms with van der Waals surface area (Å²) in [6.45, 7) is 0.759. The van der Waals surface area contributed by atoms with Gasteiger partial charge in [-0.2, -0.15) is 0 Å². The number of ether oxygens (including phenoxy) is 2. The molecule has 0 aromatic heterocycles. The summed E-state index contributed by atoms with van der Waals surface area (Å²) < 4.78 is 24.8. The highest BCUT2D eigenvalue weighted by atomic mass is 79.9. The Morgan fingerprint density at radius 2 is 1.53 bits per heavy atom. The zero-order valence-corrected chi connectivity index (χ0v) is 12.2. The summed E-state index contributed by atoms with van der Waals surface area (Å²) >= 11 is 8.99. The van der Waals surface area contributed by atoms with Crippen LogP contribution in [-0.4, -0.2) is 13.2 Å². The molecule has 2 aromatic rings. The quantitative estimate of drug-likeness (QED) is 0.731. The van der Waals surface area contributed by atoms with Crippen LogP contribution in [0, 0.1) is 5.82 Å². The molecule has 0 amide bonds. The van der Waals surface area contributed by atoms with E-state index in [0.717, 1.165) is 10.2 Å². The highest BCUT2D eigenvalue weighted by Crippen LogP contribution is 2.21. The molecule has 5 heteroatoms. The SMILES string of the molecule is Fc1ccc(OCCOc2ccc(Br)cc2)cc1Cl. The maximum atomic E-state index is 12.9. The first-order valence-corrected chi connectivity index (χ1v) is 6.78. The van der Waals surface area contributed by atoms with Crippen LogP contribution in [0.3, 0.4) is 0 Å². The molecule has 2 nitrogen and oxygen atoms in total. The molecular weight excluding hydrogens is 335 g/mol. The fourth-order valence-corrected chi connectivity index (χ4v) is 1.85. The van der Waals surface area contributed by atoms with E-state index in [-0.39, 0.29) is 5.02 Å². The third-order valence-corrected chi connectivity index (χ3v) is 3.14. The Bertz CT molecular complexity index is 546. The Labute approximate surface area is 124 Å². The fourth-order valence-electron chi connectivity index (χ4n) is 1.42. The summed E-state index contributed by atoms with van der Waals surface area (Å²) in [6, 6.07) is 11.8. The number of benzene rings is 2. The molecular formula is C14H11BrClFO2. The van der Waals surface area contributed by atoms with Crippen LogP contribution in [0.4, 0.5) is 4.39 Å². The standard InChI is InChI=1S/C14H11BrClFO2/c15-10-1-3-11(4-2-10)18-7-8-19-12-5-6-14(17)13(16)9-12/h1-6,9H,7-8H2. The van der Waals surface area contributed by atoms with Gasteiger partial charge in [0.05, 0.1) is 5.02 Å². The van der Waals surface area contributed by atoms with Crippen molar-refractivity contribution in [2.45, 2.75) is 0 Å². The number of hydrogen-bond acceptors (Lipinski definition) is 2. The lowest BCUT2D eigenvalue weighted by Gasteiger charge is -2.08. The van der Waals surface area contributed by atoms with Crippen LogP contribution in [0.1, 0.15) is 0 Å². The highest BCUT2D eigenvalue weighted by Gasteiger charge is 2.01. The predicted molar refractivity (Wildman–Crippen MR) is 76.5 cm³/mol. The van der Waals surface area contributed by atoms with Crippen LogP contribution in [0.25, 0.3) is 0 Å². The first-order valence-electron chi connectivity index (χ1n) is 5.61. The van der Waals surface area contributed by atoms with Crippen LogP contribution >= 0.6 is 27.5 Å². The van der Waals surface area contributed by atoms with Crippen molar-refractivity contribution in [1.82, 2.24) is 0 Å².